The zero-order valence-electron chi connectivity index (χ0n) is 17.4. The Hall–Kier alpha value is -3.52. The Kier molecular flexibility index (Phi) is 11.4. The van der Waals surface area contributed by atoms with Gasteiger partial charge in [0.15, 0.2) is 0 Å². The second kappa shape index (κ2) is 13.7. The van der Waals surface area contributed by atoms with Gasteiger partial charge in [-0.2, -0.15) is 0 Å². The zero-order chi connectivity index (χ0) is 24.1. The van der Waals surface area contributed by atoms with Crippen LogP contribution in [-0.4, -0.2) is 81.1 Å². The number of rotatable bonds is 15. The molecule has 3 atom stereocenters. The molecule has 3 amide bonds. The molecule has 0 aliphatic carbocycles. The van der Waals surface area contributed by atoms with Crippen molar-refractivity contribution in [2.75, 3.05) is 13.1 Å². The van der Waals surface area contributed by atoms with E-state index in [1.807, 2.05) is 5.32 Å². The predicted molar refractivity (Wildman–Crippen MR) is 110 cm³/mol. The van der Waals surface area contributed by atoms with Crippen LogP contribution in [0.4, 0.5) is 0 Å². The van der Waals surface area contributed by atoms with Gasteiger partial charge < -0.3 is 42.6 Å². The highest BCUT2D eigenvalue weighted by atomic mass is 16.4. The number of amides is 3. The first-order valence-corrected chi connectivity index (χ1v) is 9.89. The monoisotopic (exact) mass is 455 g/mol. The molecule has 1 heterocycles. The minimum Gasteiger partial charge on any atom is -0.481 e. The van der Waals surface area contributed by atoms with Gasteiger partial charge in [-0.3, -0.25) is 24.0 Å². The summed E-state index contributed by atoms with van der Waals surface area (Å²) < 4.78 is 0. The fourth-order valence-corrected chi connectivity index (χ4v) is 2.69. The summed E-state index contributed by atoms with van der Waals surface area (Å²) in [7, 11) is 0. The molecule has 1 aromatic heterocycles. The van der Waals surface area contributed by atoms with Crippen molar-refractivity contribution < 1.29 is 34.2 Å². The second-order valence-electron chi connectivity index (χ2n) is 7.00. The van der Waals surface area contributed by atoms with E-state index in [0.29, 0.717) is 31.5 Å². The highest BCUT2D eigenvalue weighted by Crippen LogP contribution is 2.04. The maximum Gasteiger partial charge on any atom is 0.322 e. The van der Waals surface area contributed by atoms with E-state index in [-0.39, 0.29) is 6.42 Å². The van der Waals surface area contributed by atoms with Gasteiger partial charge in [0.2, 0.25) is 17.7 Å². The number of nitrogens with two attached hydrogens (primary N) is 2. The molecule has 1 aromatic rings. The number of imidazole rings is 1. The van der Waals surface area contributed by atoms with Gasteiger partial charge in [-0.1, -0.05) is 6.42 Å². The number of unbranched alkanes of at least 4 members (excludes halogenated alkanes) is 1. The molecule has 0 aromatic carbocycles. The number of hydrogen-bond acceptors (Lipinski definition) is 8. The van der Waals surface area contributed by atoms with E-state index in [2.05, 4.69) is 20.6 Å². The largest absolute Gasteiger partial charge is 0.481 e. The number of carboxylic acids is 2. The number of H-pyrrole nitrogens is 1. The molecule has 0 saturated heterocycles. The van der Waals surface area contributed by atoms with Crippen molar-refractivity contribution in [1.82, 2.24) is 25.9 Å². The van der Waals surface area contributed by atoms with E-state index in [4.69, 9.17) is 21.7 Å². The lowest BCUT2D eigenvalue weighted by atomic mass is 10.1. The van der Waals surface area contributed by atoms with Crippen LogP contribution in [0, 0.1) is 0 Å². The summed E-state index contributed by atoms with van der Waals surface area (Å²) in [6.45, 7) is -0.301. The number of aliphatic carboxylic acids is 2. The van der Waals surface area contributed by atoms with E-state index in [9.17, 15) is 24.0 Å². The smallest absolute Gasteiger partial charge is 0.322 e. The fraction of sp³-hybridized carbons (Fsp3) is 0.556. The highest BCUT2D eigenvalue weighted by molar-refractivity contribution is 5.95. The Bertz CT molecular complexity index is 785. The van der Waals surface area contributed by atoms with Crippen molar-refractivity contribution in [3.63, 3.8) is 0 Å². The Labute approximate surface area is 183 Å². The van der Waals surface area contributed by atoms with Crippen molar-refractivity contribution in [2.24, 2.45) is 11.5 Å². The van der Waals surface area contributed by atoms with Gasteiger partial charge in [0.25, 0.3) is 0 Å². The maximum atomic E-state index is 12.8. The van der Waals surface area contributed by atoms with Gasteiger partial charge in [-0.15, -0.1) is 0 Å². The lowest BCUT2D eigenvalue weighted by Crippen LogP contribution is -2.57. The topological polar surface area (TPSA) is 243 Å². The molecule has 0 saturated carbocycles. The molecule has 14 heteroatoms. The molecule has 0 spiro atoms. The van der Waals surface area contributed by atoms with Crippen molar-refractivity contribution in [2.45, 2.75) is 50.2 Å². The van der Waals surface area contributed by atoms with Crippen LogP contribution < -0.4 is 27.4 Å². The minimum atomic E-state index is -1.56. The fourth-order valence-electron chi connectivity index (χ4n) is 2.69. The second-order valence-corrected chi connectivity index (χ2v) is 7.00. The number of hydrogen-bond donors (Lipinski definition) is 8. The third kappa shape index (κ3) is 9.99. The van der Waals surface area contributed by atoms with Gasteiger partial charge in [-0.25, -0.2) is 4.98 Å². The van der Waals surface area contributed by atoms with Crippen molar-refractivity contribution in [1.29, 1.82) is 0 Å². The first kappa shape index (κ1) is 26.5. The van der Waals surface area contributed by atoms with Crippen LogP contribution in [0.3, 0.4) is 0 Å². The van der Waals surface area contributed by atoms with Gasteiger partial charge in [0, 0.05) is 18.3 Å². The molecular weight excluding hydrogens is 426 g/mol. The van der Waals surface area contributed by atoms with Crippen molar-refractivity contribution in [3.05, 3.63) is 18.2 Å². The van der Waals surface area contributed by atoms with Crippen LogP contribution >= 0.6 is 0 Å². The molecule has 178 valence electrons. The quantitative estimate of drug-likeness (QED) is 0.125. The van der Waals surface area contributed by atoms with Crippen LogP contribution in [0.1, 0.15) is 31.4 Å². The SMILES string of the molecule is NCCCCC(N)C(=O)NC(Cc1cnc[nH]1)C(=O)NC(CC(=O)O)C(=O)NCC(=O)O. The summed E-state index contributed by atoms with van der Waals surface area (Å²) in [6, 6.07) is -3.65. The standard InChI is InChI=1S/C18H29N7O7/c19-4-2-1-3-11(20)16(30)24-12(5-10-7-21-9-23-10)18(32)25-13(6-14(26)27)17(31)22-8-15(28)29/h7,9,11-13H,1-6,8,19-20H2,(H,21,23)(H,22,31)(H,24,30)(H,25,32)(H,26,27)(H,28,29). The number of carbonyl (C=O) groups excluding carboxylic acids is 3. The zero-order valence-corrected chi connectivity index (χ0v) is 17.4. The van der Waals surface area contributed by atoms with Crippen LogP contribution in [0.2, 0.25) is 0 Å². The lowest BCUT2D eigenvalue weighted by molar-refractivity contribution is -0.141. The van der Waals surface area contributed by atoms with Crippen LogP contribution in [0.25, 0.3) is 0 Å². The Morgan fingerprint density at radius 1 is 1.00 bits per heavy atom. The molecule has 0 radical (unpaired) electrons. The van der Waals surface area contributed by atoms with Gasteiger partial charge in [0.05, 0.1) is 18.8 Å². The molecule has 10 N–H and O–H groups in total. The van der Waals surface area contributed by atoms with Crippen LogP contribution in [0.5, 0.6) is 0 Å². The first-order valence-electron chi connectivity index (χ1n) is 9.89. The van der Waals surface area contributed by atoms with Crippen molar-refractivity contribution in [3.8, 4) is 0 Å². The number of carbonyl (C=O) groups is 5. The average Bonchev–Trinajstić information content (AvgIpc) is 3.23. The van der Waals surface area contributed by atoms with E-state index in [1.165, 1.54) is 12.5 Å². The van der Waals surface area contributed by atoms with Gasteiger partial charge in [0.1, 0.15) is 18.6 Å². The van der Waals surface area contributed by atoms with Crippen molar-refractivity contribution >= 4 is 29.7 Å². The molecule has 0 aliphatic rings. The molecule has 0 aliphatic heterocycles. The average molecular weight is 455 g/mol. The summed E-state index contributed by atoms with van der Waals surface area (Å²) in [5.41, 5.74) is 11.8. The van der Waals surface area contributed by atoms with E-state index in [1.54, 1.807) is 0 Å². The highest BCUT2D eigenvalue weighted by Gasteiger charge is 2.30. The third-order valence-electron chi connectivity index (χ3n) is 4.34. The van der Waals surface area contributed by atoms with E-state index in [0.717, 1.165) is 0 Å². The maximum absolute atomic E-state index is 12.8. The molecule has 0 bridgehead atoms. The van der Waals surface area contributed by atoms with Crippen LogP contribution in [0.15, 0.2) is 12.5 Å². The summed E-state index contributed by atoms with van der Waals surface area (Å²) in [5, 5.41) is 24.5. The molecular formula is C18H29N7O7. The number of aromatic nitrogens is 2. The first-order chi connectivity index (χ1) is 15.1. The minimum absolute atomic E-state index is 0.0381. The Morgan fingerprint density at radius 3 is 2.25 bits per heavy atom. The summed E-state index contributed by atoms with van der Waals surface area (Å²) in [5.74, 6) is -5.18. The summed E-state index contributed by atoms with van der Waals surface area (Å²) in [6.07, 6.45) is 3.62. The lowest BCUT2D eigenvalue weighted by Gasteiger charge is -2.23. The van der Waals surface area contributed by atoms with E-state index < -0.39 is 60.8 Å². The number of nitrogens with one attached hydrogen (secondary N) is 4. The Balaban J connectivity index is 2.91. The molecule has 32 heavy (non-hydrogen) atoms. The molecule has 0 fully saturated rings. The third-order valence-corrected chi connectivity index (χ3v) is 4.34. The van der Waals surface area contributed by atoms with E-state index >= 15 is 0 Å². The molecule has 3 unspecified atom stereocenters. The Morgan fingerprint density at radius 2 is 1.69 bits per heavy atom. The van der Waals surface area contributed by atoms with Gasteiger partial charge >= 0.3 is 11.9 Å². The number of nitrogens with zero attached hydrogens (tertiary/aromatic N) is 1. The summed E-state index contributed by atoms with van der Waals surface area (Å²) in [4.78, 5) is 65.8. The normalized spacial score (nSPS) is 13.4. The predicted octanol–water partition coefficient (Wildman–Crippen LogP) is -2.95. The van der Waals surface area contributed by atoms with Gasteiger partial charge in [-0.05, 0) is 19.4 Å². The number of carboxylic acid groups (broad SMARTS) is 2. The molecule has 14 nitrogen and oxygen atoms in total. The summed E-state index contributed by atoms with van der Waals surface area (Å²) >= 11 is 0. The number of aromatic amines is 1. The van der Waals surface area contributed by atoms with Crippen LogP contribution in [-0.2, 0) is 30.4 Å². The molecule has 1 rings (SSSR count).